The number of benzene rings is 2. The highest BCUT2D eigenvalue weighted by atomic mass is 19.1. The molecule has 0 radical (unpaired) electrons. The first kappa shape index (κ1) is 35.0. The molecule has 2 atom stereocenters. The molecule has 50 heavy (non-hydrogen) atoms. The topological polar surface area (TPSA) is 123 Å². The van der Waals surface area contributed by atoms with E-state index in [0.29, 0.717) is 49.2 Å². The zero-order chi connectivity index (χ0) is 35.4. The highest BCUT2D eigenvalue weighted by Crippen LogP contribution is 2.36. The van der Waals surface area contributed by atoms with Crippen LogP contribution in [0.3, 0.4) is 0 Å². The summed E-state index contributed by atoms with van der Waals surface area (Å²) in [4.78, 5) is 32.7. The Bertz CT molecular complexity index is 1810. The molecule has 0 bridgehead atoms. The van der Waals surface area contributed by atoms with Gasteiger partial charge < -0.3 is 25.4 Å². The number of methoxy groups -OCH3 is 1. The van der Waals surface area contributed by atoms with Gasteiger partial charge in [0.2, 0.25) is 5.88 Å². The standard InChI is InChI=1S/C38H46FN7O4/c1-23-20-46(21-24(2)41-23)22-27-9-7-11-32(35(27)49-5)26-8-6-10-31(17-26)50-38-33(18-28(39)19-40-38)36(47)42-29-12-14-30(15-13-29)43-37(48)34-16-25(3)45(4)44-34/h6-11,16-19,23-24,29-30,41H,12-15,20-22H2,1-5H3,(H,42,47)(H,43,48)/t23-,24+,29?,30?. The lowest BCUT2D eigenvalue weighted by Gasteiger charge is -2.36. The fraction of sp³-hybridized carbons (Fsp3) is 0.421. The Labute approximate surface area is 292 Å². The summed E-state index contributed by atoms with van der Waals surface area (Å²) in [5, 5.41) is 13.9. The quantitative estimate of drug-likeness (QED) is 0.204. The van der Waals surface area contributed by atoms with Crippen molar-refractivity contribution in [2.24, 2.45) is 7.05 Å². The first-order valence-corrected chi connectivity index (χ1v) is 17.3. The van der Waals surface area contributed by atoms with Gasteiger partial charge in [-0.3, -0.25) is 19.2 Å². The van der Waals surface area contributed by atoms with E-state index in [4.69, 9.17) is 9.47 Å². The molecule has 1 aliphatic heterocycles. The Hall–Kier alpha value is -4.81. The predicted molar refractivity (Wildman–Crippen MR) is 189 cm³/mol. The molecule has 0 unspecified atom stereocenters. The van der Waals surface area contributed by atoms with Crippen LogP contribution in [0.1, 0.15) is 71.6 Å². The van der Waals surface area contributed by atoms with E-state index in [1.807, 2.05) is 37.3 Å². The van der Waals surface area contributed by atoms with E-state index in [1.54, 1.807) is 31.0 Å². The number of amides is 2. The Kier molecular flexibility index (Phi) is 10.8. The van der Waals surface area contributed by atoms with Crippen molar-refractivity contribution in [2.45, 2.75) is 77.2 Å². The Morgan fingerprint density at radius 1 is 0.960 bits per heavy atom. The number of ether oxygens (including phenoxy) is 2. The van der Waals surface area contributed by atoms with E-state index in [1.165, 1.54) is 0 Å². The predicted octanol–water partition coefficient (Wildman–Crippen LogP) is 5.38. The van der Waals surface area contributed by atoms with Crippen molar-refractivity contribution in [3.05, 3.63) is 89.1 Å². The average molecular weight is 684 g/mol. The third-order valence-electron chi connectivity index (χ3n) is 9.49. The van der Waals surface area contributed by atoms with Gasteiger partial charge in [-0.25, -0.2) is 9.37 Å². The van der Waals surface area contributed by atoms with Crippen LogP contribution in [0.2, 0.25) is 0 Å². The van der Waals surface area contributed by atoms with Crippen molar-refractivity contribution in [2.75, 3.05) is 20.2 Å². The minimum atomic E-state index is -0.637. The summed E-state index contributed by atoms with van der Waals surface area (Å²) < 4.78 is 28.2. The summed E-state index contributed by atoms with van der Waals surface area (Å²) in [5.74, 6) is -0.0523. The zero-order valence-electron chi connectivity index (χ0n) is 29.3. The lowest BCUT2D eigenvalue weighted by Crippen LogP contribution is -2.53. The van der Waals surface area contributed by atoms with E-state index in [2.05, 4.69) is 50.8 Å². The number of nitrogens with one attached hydrogen (secondary N) is 3. The van der Waals surface area contributed by atoms with Crippen LogP contribution in [0, 0.1) is 12.7 Å². The number of nitrogens with zero attached hydrogens (tertiary/aromatic N) is 4. The van der Waals surface area contributed by atoms with E-state index in [9.17, 15) is 14.0 Å². The fourth-order valence-electron chi connectivity index (χ4n) is 7.07. The van der Waals surface area contributed by atoms with Gasteiger partial charge in [0.1, 0.15) is 28.6 Å². The Morgan fingerprint density at radius 2 is 1.64 bits per heavy atom. The van der Waals surface area contributed by atoms with Crippen LogP contribution < -0.4 is 25.4 Å². The molecule has 2 amide bonds. The third kappa shape index (κ3) is 8.31. The first-order valence-electron chi connectivity index (χ1n) is 17.3. The number of rotatable bonds is 10. The molecule has 3 N–H and O–H groups in total. The van der Waals surface area contributed by atoms with Crippen LogP contribution in [-0.4, -0.2) is 75.8 Å². The lowest BCUT2D eigenvalue weighted by molar-refractivity contribution is 0.0887. The molecule has 1 saturated carbocycles. The number of aryl methyl sites for hydroxylation is 2. The summed E-state index contributed by atoms with van der Waals surface area (Å²) in [6.07, 6.45) is 3.74. The number of halogens is 1. The van der Waals surface area contributed by atoms with Crippen molar-refractivity contribution in [1.29, 1.82) is 0 Å². The van der Waals surface area contributed by atoms with Gasteiger partial charge in [-0.15, -0.1) is 0 Å². The summed E-state index contributed by atoms with van der Waals surface area (Å²) >= 11 is 0. The van der Waals surface area contributed by atoms with Gasteiger partial charge in [-0.1, -0.05) is 30.3 Å². The second-order valence-corrected chi connectivity index (χ2v) is 13.6. The van der Waals surface area contributed by atoms with E-state index < -0.39 is 11.7 Å². The fourth-order valence-corrected chi connectivity index (χ4v) is 7.07. The van der Waals surface area contributed by atoms with Gasteiger partial charge in [0.05, 0.1) is 13.3 Å². The number of piperazine rings is 1. The number of pyridine rings is 1. The second-order valence-electron chi connectivity index (χ2n) is 13.6. The van der Waals surface area contributed by atoms with Gasteiger partial charge in [0.25, 0.3) is 11.8 Å². The molecular formula is C38H46FN7O4. The van der Waals surface area contributed by atoms with Gasteiger partial charge in [-0.05, 0) is 76.3 Å². The van der Waals surface area contributed by atoms with Crippen LogP contribution in [-0.2, 0) is 13.6 Å². The molecular weight excluding hydrogens is 637 g/mol. The first-order chi connectivity index (χ1) is 24.1. The lowest BCUT2D eigenvalue weighted by atomic mass is 9.91. The molecule has 2 aromatic carbocycles. The normalized spacial score (nSPS) is 21.0. The summed E-state index contributed by atoms with van der Waals surface area (Å²) in [6, 6.07) is 17.2. The second kappa shape index (κ2) is 15.4. The van der Waals surface area contributed by atoms with Crippen molar-refractivity contribution in [3.8, 4) is 28.5 Å². The zero-order valence-corrected chi connectivity index (χ0v) is 29.3. The van der Waals surface area contributed by atoms with Gasteiger partial charge in [-0.2, -0.15) is 5.10 Å². The summed E-state index contributed by atoms with van der Waals surface area (Å²) in [6.45, 7) is 8.97. The molecule has 1 saturated heterocycles. The van der Waals surface area contributed by atoms with Crippen LogP contribution in [0.15, 0.2) is 60.8 Å². The number of hydrogen-bond acceptors (Lipinski definition) is 8. The van der Waals surface area contributed by atoms with Crippen molar-refractivity contribution in [3.63, 3.8) is 0 Å². The maximum atomic E-state index is 14.4. The van der Waals surface area contributed by atoms with Crippen LogP contribution in [0.25, 0.3) is 11.1 Å². The molecule has 2 aliphatic rings. The molecule has 2 fully saturated rings. The largest absolute Gasteiger partial charge is 0.496 e. The molecule has 1 aliphatic carbocycles. The maximum absolute atomic E-state index is 14.4. The highest BCUT2D eigenvalue weighted by Gasteiger charge is 2.27. The van der Waals surface area contributed by atoms with Crippen LogP contribution in [0.4, 0.5) is 4.39 Å². The minimum absolute atomic E-state index is 0.00955. The van der Waals surface area contributed by atoms with Gasteiger partial charge in [0.15, 0.2) is 0 Å². The van der Waals surface area contributed by atoms with E-state index >= 15 is 0 Å². The van der Waals surface area contributed by atoms with Crippen LogP contribution in [0.5, 0.6) is 17.4 Å². The Balaban J connectivity index is 1.12. The smallest absolute Gasteiger partial charge is 0.272 e. The van der Waals surface area contributed by atoms with E-state index in [0.717, 1.165) is 60.0 Å². The molecule has 6 rings (SSSR count). The number of carbonyl (C=O) groups is 2. The maximum Gasteiger partial charge on any atom is 0.272 e. The molecule has 264 valence electrons. The number of aromatic nitrogens is 3. The molecule has 11 nitrogen and oxygen atoms in total. The third-order valence-corrected chi connectivity index (χ3v) is 9.49. The molecule has 2 aromatic heterocycles. The SMILES string of the molecule is COc1c(CN2C[C@@H](C)N[C@@H](C)C2)cccc1-c1cccc(Oc2ncc(F)cc2C(=O)NC2CCC(NC(=O)c3cc(C)n(C)n3)CC2)c1. The van der Waals surface area contributed by atoms with Gasteiger partial charge in [0, 0.05) is 67.7 Å². The summed E-state index contributed by atoms with van der Waals surface area (Å²) in [7, 11) is 3.49. The van der Waals surface area contributed by atoms with E-state index in [-0.39, 0.29) is 29.4 Å². The molecule has 0 spiro atoms. The number of hydrogen-bond donors (Lipinski definition) is 3. The highest BCUT2D eigenvalue weighted by molar-refractivity contribution is 5.96. The van der Waals surface area contributed by atoms with Crippen molar-refractivity contribution in [1.82, 2.24) is 35.6 Å². The molecule has 4 aromatic rings. The molecule has 12 heteroatoms. The average Bonchev–Trinajstić information content (AvgIpc) is 3.43. The minimum Gasteiger partial charge on any atom is -0.496 e. The van der Waals surface area contributed by atoms with Crippen molar-refractivity contribution >= 4 is 11.8 Å². The summed E-state index contributed by atoms with van der Waals surface area (Å²) in [5.41, 5.74) is 4.18. The van der Waals surface area contributed by atoms with Crippen LogP contribution >= 0.6 is 0 Å². The number of carbonyl (C=O) groups excluding carboxylic acids is 2. The Morgan fingerprint density at radius 3 is 2.30 bits per heavy atom. The monoisotopic (exact) mass is 683 g/mol. The van der Waals surface area contributed by atoms with Crippen molar-refractivity contribution < 1.29 is 23.5 Å². The van der Waals surface area contributed by atoms with Gasteiger partial charge >= 0.3 is 0 Å². The molecule has 3 heterocycles. The number of para-hydroxylation sites is 1.